The van der Waals surface area contributed by atoms with Crippen molar-refractivity contribution in [2.24, 2.45) is 5.73 Å². The van der Waals surface area contributed by atoms with Crippen molar-refractivity contribution < 1.29 is 4.39 Å². The van der Waals surface area contributed by atoms with E-state index >= 15 is 0 Å². The van der Waals surface area contributed by atoms with E-state index in [2.05, 4.69) is 17.0 Å². The third-order valence-electron chi connectivity index (χ3n) is 3.43. The van der Waals surface area contributed by atoms with Crippen molar-refractivity contribution in [2.45, 2.75) is 13.1 Å². The van der Waals surface area contributed by atoms with Gasteiger partial charge in [0.1, 0.15) is 11.7 Å². The first kappa shape index (κ1) is 11.7. The summed E-state index contributed by atoms with van der Waals surface area (Å²) in [6.45, 7) is 1.53. The molecule has 19 heavy (non-hydrogen) atoms. The minimum absolute atomic E-state index is 0.106. The monoisotopic (exact) mass is 255 g/mol. The first-order valence-corrected chi connectivity index (χ1v) is 6.11. The number of fused-ring (bicyclic) bond motifs is 1. The number of hydrogen-bond donors (Lipinski definition) is 2. The summed E-state index contributed by atoms with van der Waals surface area (Å²) >= 11 is 0. The molecule has 0 saturated carbocycles. The Morgan fingerprint density at radius 3 is 2.32 bits per heavy atom. The molecule has 0 fully saturated rings. The first-order valence-electron chi connectivity index (χ1n) is 6.11. The second-order valence-corrected chi connectivity index (χ2v) is 4.70. The molecule has 0 unspecified atom stereocenters. The lowest BCUT2D eigenvalue weighted by atomic mass is 10.1. The van der Waals surface area contributed by atoms with Crippen LogP contribution in [0, 0.1) is 11.2 Å². The fourth-order valence-corrected chi connectivity index (χ4v) is 2.50. The zero-order chi connectivity index (χ0) is 13.4. The van der Waals surface area contributed by atoms with Crippen molar-refractivity contribution in [1.82, 2.24) is 0 Å². The molecule has 0 bridgehead atoms. The van der Waals surface area contributed by atoms with Gasteiger partial charge in [0.2, 0.25) is 0 Å². The van der Waals surface area contributed by atoms with Gasteiger partial charge in [-0.1, -0.05) is 24.3 Å². The summed E-state index contributed by atoms with van der Waals surface area (Å²) in [6, 6.07) is 12.6. The lowest BCUT2D eigenvalue weighted by Gasteiger charge is -2.21. The van der Waals surface area contributed by atoms with E-state index in [1.165, 1.54) is 23.3 Å². The Morgan fingerprint density at radius 1 is 1.11 bits per heavy atom. The van der Waals surface area contributed by atoms with Crippen molar-refractivity contribution >= 4 is 11.5 Å². The standard InChI is InChI=1S/C15H14FN3/c16-12-5-6-14(13(7-12)15(17)18)19-8-10-3-1-2-4-11(10)9-19/h1-7H,8-9H2,(H3,17,18). The van der Waals surface area contributed by atoms with Crippen LogP contribution < -0.4 is 10.6 Å². The van der Waals surface area contributed by atoms with Gasteiger partial charge in [0, 0.05) is 24.3 Å². The SMILES string of the molecule is N=C(N)c1cc(F)ccc1N1Cc2ccccc2C1. The highest BCUT2D eigenvalue weighted by molar-refractivity contribution is 6.00. The summed E-state index contributed by atoms with van der Waals surface area (Å²) in [5, 5.41) is 7.58. The number of anilines is 1. The van der Waals surface area contributed by atoms with E-state index in [0.717, 1.165) is 18.8 Å². The molecule has 0 spiro atoms. The second kappa shape index (κ2) is 4.39. The molecule has 3 N–H and O–H groups in total. The molecule has 0 aliphatic carbocycles. The fraction of sp³-hybridized carbons (Fsp3) is 0.133. The van der Waals surface area contributed by atoms with Gasteiger partial charge in [-0.3, -0.25) is 5.41 Å². The van der Waals surface area contributed by atoms with Crippen LogP contribution in [0.4, 0.5) is 10.1 Å². The Morgan fingerprint density at radius 2 is 1.74 bits per heavy atom. The van der Waals surface area contributed by atoms with Crippen LogP contribution in [0.25, 0.3) is 0 Å². The summed E-state index contributed by atoms with van der Waals surface area (Å²) in [5.41, 5.74) is 9.34. The molecule has 3 nitrogen and oxygen atoms in total. The van der Waals surface area contributed by atoms with E-state index in [1.54, 1.807) is 6.07 Å². The Hall–Kier alpha value is -2.36. The number of nitrogen functional groups attached to an aromatic ring is 1. The van der Waals surface area contributed by atoms with E-state index in [4.69, 9.17) is 11.1 Å². The maximum absolute atomic E-state index is 13.3. The van der Waals surface area contributed by atoms with Crippen LogP contribution in [0.2, 0.25) is 0 Å². The predicted octanol–water partition coefficient (Wildman–Crippen LogP) is 2.63. The average molecular weight is 255 g/mol. The molecular weight excluding hydrogens is 241 g/mol. The van der Waals surface area contributed by atoms with Crippen LogP contribution >= 0.6 is 0 Å². The van der Waals surface area contributed by atoms with Gasteiger partial charge in [-0.15, -0.1) is 0 Å². The average Bonchev–Trinajstić information content (AvgIpc) is 2.82. The highest BCUT2D eigenvalue weighted by atomic mass is 19.1. The van der Waals surface area contributed by atoms with Crippen molar-refractivity contribution in [3.05, 3.63) is 65.0 Å². The third kappa shape index (κ3) is 2.05. The maximum Gasteiger partial charge on any atom is 0.125 e. The molecule has 0 amide bonds. The molecule has 0 saturated heterocycles. The van der Waals surface area contributed by atoms with E-state index in [9.17, 15) is 4.39 Å². The fourth-order valence-electron chi connectivity index (χ4n) is 2.50. The number of benzene rings is 2. The minimum atomic E-state index is -0.370. The molecule has 4 heteroatoms. The van der Waals surface area contributed by atoms with E-state index in [0.29, 0.717) is 5.56 Å². The third-order valence-corrected chi connectivity index (χ3v) is 3.43. The molecule has 1 aliphatic rings. The number of nitrogens with one attached hydrogen (secondary N) is 1. The van der Waals surface area contributed by atoms with Gasteiger partial charge in [0.15, 0.2) is 0 Å². The summed E-state index contributed by atoms with van der Waals surface area (Å²) in [4.78, 5) is 2.11. The molecule has 2 aromatic rings. The zero-order valence-corrected chi connectivity index (χ0v) is 10.4. The number of nitrogens with zero attached hydrogens (tertiary/aromatic N) is 1. The van der Waals surface area contributed by atoms with Gasteiger partial charge < -0.3 is 10.6 Å². The van der Waals surface area contributed by atoms with Crippen LogP contribution in [-0.2, 0) is 13.1 Å². The summed E-state index contributed by atoms with van der Waals surface area (Å²) in [5.74, 6) is -0.476. The van der Waals surface area contributed by atoms with Crippen molar-refractivity contribution in [2.75, 3.05) is 4.90 Å². The molecule has 1 heterocycles. The topological polar surface area (TPSA) is 53.1 Å². The molecule has 0 atom stereocenters. The van der Waals surface area contributed by atoms with Crippen LogP contribution in [0.15, 0.2) is 42.5 Å². The zero-order valence-electron chi connectivity index (χ0n) is 10.4. The van der Waals surface area contributed by atoms with Gasteiger partial charge in [0.05, 0.1) is 0 Å². The van der Waals surface area contributed by atoms with Gasteiger partial charge >= 0.3 is 0 Å². The molecule has 3 rings (SSSR count). The summed E-state index contributed by atoms with van der Waals surface area (Å²) in [6.07, 6.45) is 0. The normalized spacial score (nSPS) is 13.4. The quantitative estimate of drug-likeness (QED) is 0.640. The molecule has 0 aromatic heterocycles. The van der Waals surface area contributed by atoms with Crippen molar-refractivity contribution in [3.8, 4) is 0 Å². The van der Waals surface area contributed by atoms with Crippen LogP contribution in [-0.4, -0.2) is 5.84 Å². The number of rotatable bonds is 2. The van der Waals surface area contributed by atoms with Crippen LogP contribution in [0.1, 0.15) is 16.7 Å². The highest BCUT2D eigenvalue weighted by Gasteiger charge is 2.21. The Labute approximate surface area is 111 Å². The largest absolute Gasteiger partial charge is 0.384 e. The summed E-state index contributed by atoms with van der Waals surface area (Å²) in [7, 11) is 0. The molecular formula is C15H14FN3. The first-order chi connectivity index (χ1) is 9.15. The molecule has 96 valence electrons. The minimum Gasteiger partial charge on any atom is -0.384 e. The Kier molecular flexibility index (Phi) is 2.71. The van der Waals surface area contributed by atoms with Gasteiger partial charge in [-0.2, -0.15) is 0 Å². The van der Waals surface area contributed by atoms with Crippen molar-refractivity contribution in [3.63, 3.8) is 0 Å². The Bertz CT molecular complexity index is 627. The van der Waals surface area contributed by atoms with Crippen LogP contribution in [0.5, 0.6) is 0 Å². The van der Waals surface area contributed by atoms with E-state index < -0.39 is 0 Å². The second-order valence-electron chi connectivity index (χ2n) is 4.70. The molecule has 2 aromatic carbocycles. The lowest BCUT2D eigenvalue weighted by Crippen LogP contribution is -2.21. The number of amidine groups is 1. The van der Waals surface area contributed by atoms with Crippen LogP contribution in [0.3, 0.4) is 0 Å². The highest BCUT2D eigenvalue weighted by Crippen LogP contribution is 2.30. The smallest absolute Gasteiger partial charge is 0.125 e. The van der Waals surface area contributed by atoms with E-state index in [1.807, 2.05) is 12.1 Å². The molecule has 0 radical (unpaired) electrons. The van der Waals surface area contributed by atoms with Crippen molar-refractivity contribution in [1.29, 1.82) is 5.41 Å². The predicted molar refractivity (Wildman–Crippen MR) is 73.7 cm³/mol. The molecule has 1 aliphatic heterocycles. The van der Waals surface area contributed by atoms with Gasteiger partial charge in [0.25, 0.3) is 0 Å². The van der Waals surface area contributed by atoms with Gasteiger partial charge in [-0.25, -0.2) is 4.39 Å². The van der Waals surface area contributed by atoms with Gasteiger partial charge in [-0.05, 0) is 29.3 Å². The number of nitrogens with two attached hydrogens (primary N) is 1. The number of halogens is 1. The van der Waals surface area contributed by atoms with E-state index in [-0.39, 0.29) is 11.7 Å². The Balaban J connectivity index is 1.99. The maximum atomic E-state index is 13.3. The number of hydrogen-bond acceptors (Lipinski definition) is 2. The summed E-state index contributed by atoms with van der Waals surface area (Å²) < 4.78 is 13.3. The lowest BCUT2D eigenvalue weighted by molar-refractivity contribution is 0.627.